The van der Waals surface area contributed by atoms with E-state index < -0.39 is 5.97 Å². The average molecular weight is 379 g/mol. The second-order valence-corrected chi connectivity index (χ2v) is 6.72. The molecule has 0 saturated heterocycles. The van der Waals surface area contributed by atoms with Crippen molar-refractivity contribution in [2.75, 3.05) is 0 Å². The predicted molar refractivity (Wildman–Crippen MR) is 102 cm³/mol. The van der Waals surface area contributed by atoms with E-state index in [0.717, 1.165) is 10.4 Å². The van der Waals surface area contributed by atoms with Crippen LogP contribution in [0.2, 0.25) is 0 Å². The van der Waals surface area contributed by atoms with E-state index >= 15 is 0 Å². The number of halogens is 1. The molecule has 0 amide bonds. The summed E-state index contributed by atoms with van der Waals surface area (Å²) in [5.41, 5.74) is 1.62. The van der Waals surface area contributed by atoms with Crippen LogP contribution in [0.25, 0.3) is 6.08 Å². The molecular weight excluding hydrogens is 365 g/mol. The topological polar surface area (TPSA) is 47.9 Å². The summed E-state index contributed by atoms with van der Waals surface area (Å²) in [6.45, 7) is 0.214. The summed E-state index contributed by atoms with van der Waals surface area (Å²) in [6.07, 6.45) is 1.63. The summed E-state index contributed by atoms with van der Waals surface area (Å²) in [6, 6.07) is 17.2. The summed E-state index contributed by atoms with van der Waals surface area (Å²) in [5.74, 6) is 0.0650. The molecule has 4 nitrogen and oxygen atoms in total. The highest BCUT2D eigenvalue weighted by atomic mass is 32.1. The van der Waals surface area contributed by atoms with Gasteiger partial charge in [-0.1, -0.05) is 36.4 Å². The van der Waals surface area contributed by atoms with Crippen LogP contribution in [0, 0.1) is 5.82 Å². The van der Waals surface area contributed by atoms with Gasteiger partial charge in [-0.2, -0.15) is 0 Å². The van der Waals surface area contributed by atoms with Gasteiger partial charge in [0.15, 0.2) is 5.70 Å². The number of benzene rings is 2. The molecule has 0 N–H and O–H groups in total. The van der Waals surface area contributed by atoms with Gasteiger partial charge in [0.2, 0.25) is 5.90 Å². The molecule has 0 radical (unpaired) electrons. The molecule has 27 heavy (non-hydrogen) atoms. The van der Waals surface area contributed by atoms with Crippen molar-refractivity contribution < 1.29 is 18.7 Å². The van der Waals surface area contributed by atoms with E-state index in [4.69, 9.17) is 9.47 Å². The lowest BCUT2D eigenvalue weighted by Gasteiger charge is -2.09. The monoisotopic (exact) mass is 379 g/mol. The molecule has 0 aliphatic carbocycles. The fourth-order valence-electron chi connectivity index (χ4n) is 2.58. The molecule has 0 spiro atoms. The second-order valence-electron chi connectivity index (χ2n) is 5.77. The molecule has 0 atom stereocenters. The van der Waals surface area contributed by atoms with E-state index in [1.54, 1.807) is 24.3 Å². The van der Waals surface area contributed by atoms with Crippen LogP contribution in [0.15, 0.2) is 76.7 Å². The Bertz CT molecular complexity index is 1040. The molecular formula is C21H14FNO3S. The molecule has 2 aromatic carbocycles. The van der Waals surface area contributed by atoms with Crippen molar-refractivity contribution >= 4 is 29.3 Å². The fraction of sp³-hybridized carbons (Fsp3) is 0.0476. The van der Waals surface area contributed by atoms with Gasteiger partial charge >= 0.3 is 5.97 Å². The molecule has 0 saturated carbocycles. The van der Waals surface area contributed by atoms with Gasteiger partial charge in [0.05, 0.1) is 4.88 Å². The summed E-state index contributed by atoms with van der Waals surface area (Å²) in [4.78, 5) is 17.2. The highest BCUT2D eigenvalue weighted by Crippen LogP contribution is 2.26. The summed E-state index contributed by atoms with van der Waals surface area (Å²) >= 11 is 1.45. The highest BCUT2D eigenvalue weighted by Gasteiger charge is 2.25. The first-order valence-corrected chi connectivity index (χ1v) is 9.10. The number of para-hydroxylation sites is 1. The number of cyclic esters (lactones) is 1. The lowest BCUT2D eigenvalue weighted by atomic mass is 10.1. The molecule has 4 rings (SSSR count). The SMILES string of the molecule is O=C1OC(c2cccs2)=N/C1=C\c1ccccc1OCc1cccc(F)c1. The fourth-order valence-corrected chi connectivity index (χ4v) is 3.23. The Labute approximate surface area is 159 Å². The van der Waals surface area contributed by atoms with Crippen molar-refractivity contribution in [2.45, 2.75) is 6.61 Å². The zero-order valence-corrected chi connectivity index (χ0v) is 14.9. The van der Waals surface area contributed by atoms with Gasteiger partial charge in [-0.15, -0.1) is 11.3 Å². The van der Waals surface area contributed by atoms with Crippen LogP contribution < -0.4 is 4.74 Å². The molecule has 1 aromatic heterocycles. The predicted octanol–water partition coefficient (Wildman–Crippen LogP) is 4.81. The first-order chi connectivity index (χ1) is 13.2. The maximum atomic E-state index is 13.3. The maximum Gasteiger partial charge on any atom is 0.363 e. The van der Waals surface area contributed by atoms with Gasteiger partial charge in [-0.25, -0.2) is 14.2 Å². The first-order valence-electron chi connectivity index (χ1n) is 8.22. The zero-order chi connectivity index (χ0) is 18.6. The number of rotatable bonds is 5. The van der Waals surface area contributed by atoms with Crippen molar-refractivity contribution in [1.29, 1.82) is 0 Å². The van der Waals surface area contributed by atoms with Crippen molar-refractivity contribution in [2.24, 2.45) is 4.99 Å². The first kappa shape index (κ1) is 17.2. The smallest absolute Gasteiger partial charge is 0.363 e. The number of hydrogen-bond acceptors (Lipinski definition) is 5. The van der Waals surface area contributed by atoms with Crippen LogP contribution in [0.5, 0.6) is 5.75 Å². The van der Waals surface area contributed by atoms with Crippen LogP contribution >= 0.6 is 11.3 Å². The van der Waals surface area contributed by atoms with E-state index in [0.29, 0.717) is 17.2 Å². The van der Waals surface area contributed by atoms with Crippen LogP contribution in [-0.2, 0) is 16.1 Å². The summed E-state index contributed by atoms with van der Waals surface area (Å²) < 4.78 is 24.4. The zero-order valence-electron chi connectivity index (χ0n) is 14.1. The Morgan fingerprint density at radius 3 is 2.81 bits per heavy atom. The lowest BCUT2D eigenvalue weighted by molar-refractivity contribution is -0.129. The third-order valence-corrected chi connectivity index (χ3v) is 4.70. The van der Waals surface area contributed by atoms with Gasteiger partial charge in [-0.05, 0) is 41.3 Å². The Morgan fingerprint density at radius 1 is 1.11 bits per heavy atom. The van der Waals surface area contributed by atoms with Crippen LogP contribution in [0.1, 0.15) is 16.0 Å². The molecule has 1 aliphatic rings. The number of ether oxygens (including phenoxy) is 2. The Hall–Kier alpha value is -3.25. The number of hydrogen-bond donors (Lipinski definition) is 0. The van der Waals surface area contributed by atoms with E-state index in [1.165, 1.54) is 23.5 Å². The van der Waals surface area contributed by atoms with E-state index in [1.807, 2.05) is 35.7 Å². The minimum Gasteiger partial charge on any atom is -0.488 e. The standard InChI is InChI=1S/C21H14FNO3S/c22-16-7-3-5-14(11-16)13-25-18-8-2-1-6-15(18)12-17-21(24)26-20(23-17)19-9-4-10-27-19/h1-12H,13H2/b17-12-. The van der Waals surface area contributed by atoms with Gasteiger partial charge in [-0.3, -0.25) is 0 Å². The van der Waals surface area contributed by atoms with Crippen LogP contribution in [0.4, 0.5) is 4.39 Å². The number of carbonyl (C=O) groups is 1. The van der Waals surface area contributed by atoms with Crippen molar-refractivity contribution in [3.8, 4) is 5.75 Å². The highest BCUT2D eigenvalue weighted by molar-refractivity contribution is 7.12. The molecule has 134 valence electrons. The van der Waals surface area contributed by atoms with Crippen molar-refractivity contribution in [3.63, 3.8) is 0 Å². The Balaban J connectivity index is 1.57. The molecule has 0 bridgehead atoms. The second kappa shape index (κ2) is 7.55. The Kier molecular flexibility index (Phi) is 4.80. The largest absolute Gasteiger partial charge is 0.488 e. The molecule has 0 unspecified atom stereocenters. The van der Waals surface area contributed by atoms with E-state index in [-0.39, 0.29) is 18.1 Å². The molecule has 6 heteroatoms. The Morgan fingerprint density at radius 2 is 2.00 bits per heavy atom. The number of aliphatic imine (C=N–C) groups is 1. The summed E-state index contributed by atoms with van der Waals surface area (Å²) in [7, 11) is 0. The lowest BCUT2D eigenvalue weighted by Crippen LogP contribution is -2.03. The van der Waals surface area contributed by atoms with Gasteiger partial charge < -0.3 is 9.47 Å². The molecule has 0 fully saturated rings. The van der Waals surface area contributed by atoms with Crippen LogP contribution in [0.3, 0.4) is 0 Å². The van der Waals surface area contributed by atoms with Crippen LogP contribution in [-0.4, -0.2) is 11.9 Å². The number of esters is 1. The molecule has 2 heterocycles. The van der Waals surface area contributed by atoms with Gasteiger partial charge in [0.1, 0.15) is 18.2 Å². The summed E-state index contributed by atoms with van der Waals surface area (Å²) in [5, 5.41) is 1.89. The third-order valence-electron chi connectivity index (χ3n) is 3.85. The van der Waals surface area contributed by atoms with E-state index in [9.17, 15) is 9.18 Å². The normalized spacial score (nSPS) is 14.9. The number of nitrogens with zero attached hydrogens (tertiary/aromatic N) is 1. The minimum absolute atomic E-state index is 0.209. The maximum absolute atomic E-state index is 13.3. The minimum atomic E-state index is -0.502. The van der Waals surface area contributed by atoms with Crippen molar-refractivity contribution in [1.82, 2.24) is 0 Å². The van der Waals surface area contributed by atoms with Gasteiger partial charge in [0, 0.05) is 5.56 Å². The molecule has 1 aliphatic heterocycles. The third kappa shape index (κ3) is 3.96. The molecule has 3 aromatic rings. The van der Waals surface area contributed by atoms with Gasteiger partial charge in [0.25, 0.3) is 0 Å². The average Bonchev–Trinajstić information content (AvgIpc) is 3.31. The van der Waals surface area contributed by atoms with Crippen molar-refractivity contribution in [3.05, 3.63) is 93.6 Å². The number of carbonyl (C=O) groups excluding carboxylic acids is 1. The quantitative estimate of drug-likeness (QED) is 0.472. The van der Waals surface area contributed by atoms with E-state index in [2.05, 4.69) is 4.99 Å². The number of thiophene rings is 1.